The first-order valence-electron chi connectivity index (χ1n) is 4.36. The van der Waals surface area contributed by atoms with E-state index in [4.69, 9.17) is 0 Å². The zero-order valence-electron chi connectivity index (χ0n) is 8.44. The average Bonchev–Trinajstić information content (AvgIpc) is 2.18. The van der Waals surface area contributed by atoms with Gasteiger partial charge in [-0.1, -0.05) is 25.1 Å². The van der Waals surface area contributed by atoms with Crippen molar-refractivity contribution in [3.8, 4) is 5.75 Å². The predicted molar refractivity (Wildman–Crippen MR) is 64.1 cm³/mol. The molecule has 0 aliphatic rings. The molecule has 0 heterocycles. The number of rotatable bonds is 3. The largest absolute Gasteiger partial charge is 0.573 e. The third kappa shape index (κ3) is 3.40. The van der Waals surface area contributed by atoms with E-state index in [2.05, 4.69) is 11.3 Å². The molecule has 0 unspecified atom stereocenters. The lowest BCUT2D eigenvalue weighted by Gasteiger charge is -2.16. The highest BCUT2D eigenvalue weighted by Gasteiger charge is 2.33. The summed E-state index contributed by atoms with van der Waals surface area (Å²) >= 11 is 1.80. The number of halogens is 4. The summed E-state index contributed by atoms with van der Waals surface area (Å²) in [6.45, 7) is 5.21. The van der Waals surface area contributed by atoms with Crippen molar-refractivity contribution in [3.05, 3.63) is 45.9 Å². The first-order chi connectivity index (χ1) is 7.35. The number of hydrogen-bond donors (Lipinski definition) is 0. The molecule has 0 N–H and O–H groups in total. The van der Waals surface area contributed by atoms with Crippen LogP contribution in [-0.4, -0.2) is 6.36 Å². The Hall–Kier alpha value is -0.720. The van der Waals surface area contributed by atoms with Crippen LogP contribution in [-0.2, 0) is 0 Å². The Morgan fingerprint density at radius 2 is 2.06 bits per heavy atom. The van der Waals surface area contributed by atoms with Gasteiger partial charge in [0.15, 0.2) is 0 Å². The molecule has 5 heteroatoms. The molecular weight excluding hydrogens is 332 g/mol. The Balaban J connectivity index is 3.18. The maximum atomic E-state index is 12.2. The number of ether oxygens (including phenoxy) is 1. The second kappa shape index (κ2) is 5.07. The van der Waals surface area contributed by atoms with Gasteiger partial charge in [0.25, 0.3) is 0 Å². The predicted octanol–water partition coefficient (Wildman–Crippen LogP) is 4.32. The van der Waals surface area contributed by atoms with Gasteiger partial charge in [0.05, 0.1) is 3.57 Å². The zero-order valence-corrected chi connectivity index (χ0v) is 10.6. The molecule has 0 aromatic heterocycles. The fraction of sp³-hybridized carbons (Fsp3) is 0.182. The van der Waals surface area contributed by atoms with Gasteiger partial charge in [-0.3, -0.25) is 0 Å². The summed E-state index contributed by atoms with van der Waals surface area (Å²) in [5.74, 6) is 0.464. The van der Waals surface area contributed by atoms with Crippen molar-refractivity contribution in [2.45, 2.75) is 13.3 Å². The summed E-state index contributed by atoms with van der Waals surface area (Å²) in [5, 5.41) is 0. The highest BCUT2D eigenvalue weighted by atomic mass is 127. The molecule has 0 amide bonds. The molecule has 0 spiro atoms. The molecule has 0 bridgehead atoms. The summed E-state index contributed by atoms with van der Waals surface area (Å²) in [5.41, 5.74) is 0.402. The summed E-state index contributed by atoms with van der Waals surface area (Å²) in [6, 6.07) is 4.80. The Morgan fingerprint density at radius 1 is 1.44 bits per heavy atom. The second-order valence-electron chi connectivity index (χ2n) is 3.05. The van der Waals surface area contributed by atoms with Crippen LogP contribution in [0, 0.1) is 9.49 Å². The van der Waals surface area contributed by atoms with Gasteiger partial charge in [-0.15, -0.1) is 19.8 Å². The highest BCUT2D eigenvalue weighted by molar-refractivity contribution is 14.1. The van der Waals surface area contributed by atoms with E-state index < -0.39 is 6.36 Å². The molecule has 0 fully saturated rings. The number of para-hydroxylation sites is 1. The smallest absolute Gasteiger partial charge is 0.404 e. The van der Waals surface area contributed by atoms with Gasteiger partial charge in [0, 0.05) is 11.5 Å². The molecule has 1 radical (unpaired) electrons. The summed E-state index contributed by atoms with van der Waals surface area (Å²) < 4.78 is 41.0. The van der Waals surface area contributed by atoms with Crippen molar-refractivity contribution in [3.63, 3.8) is 0 Å². The van der Waals surface area contributed by atoms with Crippen LogP contribution in [0.15, 0.2) is 30.9 Å². The third-order valence-electron chi connectivity index (χ3n) is 1.92. The molecule has 0 saturated heterocycles. The van der Waals surface area contributed by atoms with Gasteiger partial charge in [-0.25, -0.2) is 0 Å². The average molecular weight is 341 g/mol. The second-order valence-corrected chi connectivity index (χ2v) is 4.21. The lowest BCUT2D eigenvalue weighted by molar-refractivity contribution is -0.275. The monoisotopic (exact) mass is 341 g/mol. The van der Waals surface area contributed by atoms with E-state index in [1.807, 2.05) is 0 Å². The van der Waals surface area contributed by atoms with E-state index in [1.165, 1.54) is 6.08 Å². The summed E-state index contributed by atoms with van der Waals surface area (Å²) in [7, 11) is 0. The minimum atomic E-state index is -4.68. The van der Waals surface area contributed by atoms with Crippen LogP contribution in [0.5, 0.6) is 5.75 Å². The van der Waals surface area contributed by atoms with Crippen molar-refractivity contribution < 1.29 is 17.9 Å². The van der Waals surface area contributed by atoms with E-state index >= 15 is 0 Å². The fourth-order valence-corrected chi connectivity index (χ4v) is 1.76. The third-order valence-corrected chi connectivity index (χ3v) is 2.77. The Bertz CT molecular complexity index is 387. The Kier molecular flexibility index (Phi) is 4.23. The SMILES string of the molecule is C=C[C](C)c1cccc(I)c1OC(F)(F)F. The number of benzene rings is 1. The molecule has 1 nitrogen and oxygen atoms in total. The number of allylic oxidation sites excluding steroid dienone is 1. The van der Waals surface area contributed by atoms with Gasteiger partial charge in [-0.05, 0) is 28.7 Å². The number of hydrogen-bond acceptors (Lipinski definition) is 1. The van der Waals surface area contributed by atoms with Gasteiger partial charge >= 0.3 is 6.36 Å². The van der Waals surface area contributed by atoms with Crippen molar-refractivity contribution in [2.75, 3.05) is 0 Å². The first-order valence-corrected chi connectivity index (χ1v) is 5.43. The molecule has 0 aliphatic heterocycles. The van der Waals surface area contributed by atoms with Crippen molar-refractivity contribution >= 4 is 22.6 Å². The van der Waals surface area contributed by atoms with Crippen LogP contribution in [0.25, 0.3) is 0 Å². The Labute approximate surface area is 105 Å². The molecule has 1 aromatic carbocycles. The molecule has 1 aromatic rings. The van der Waals surface area contributed by atoms with Crippen LogP contribution >= 0.6 is 22.6 Å². The summed E-state index contributed by atoms with van der Waals surface area (Å²) in [4.78, 5) is 0. The topological polar surface area (TPSA) is 9.23 Å². The molecular formula is C11H9F3IO. The van der Waals surface area contributed by atoms with E-state index in [0.29, 0.717) is 15.1 Å². The number of alkyl halides is 3. The fourth-order valence-electron chi connectivity index (χ4n) is 1.15. The van der Waals surface area contributed by atoms with E-state index in [0.717, 1.165) is 0 Å². The van der Waals surface area contributed by atoms with Gasteiger partial charge in [0.1, 0.15) is 5.75 Å². The van der Waals surface area contributed by atoms with E-state index in [9.17, 15) is 13.2 Å². The van der Waals surface area contributed by atoms with Gasteiger partial charge in [-0.2, -0.15) is 0 Å². The van der Waals surface area contributed by atoms with Gasteiger partial charge in [0.2, 0.25) is 0 Å². The van der Waals surface area contributed by atoms with Crippen LogP contribution in [0.1, 0.15) is 12.5 Å². The molecule has 0 aliphatic carbocycles. The molecule has 87 valence electrons. The molecule has 0 atom stereocenters. The quantitative estimate of drug-likeness (QED) is 0.744. The maximum absolute atomic E-state index is 12.2. The van der Waals surface area contributed by atoms with E-state index in [-0.39, 0.29) is 5.75 Å². The minimum Gasteiger partial charge on any atom is -0.404 e. The normalized spacial score (nSPS) is 11.6. The standard InChI is InChI=1S/C11H9F3IO/c1-3-7(2)8-5-4-6-9(15)10(8)16-11(12,13)14/h3-6H,1H2,2H3. The lowest BCUT2D eigenvalue weighted by Crippen LogP contribution is -2.19. The van der Waals surface area contributed by atoms with Crippen molar-refractivity contribution in [1.82, 2.24) is 0 Å². The van der Waals surface area contributed by atoms with E-state index in [1.54, 1.807) is 47.7 Å². The van der Waals surface area contributed by atoms with Crippen LogP contribution in [0.2, 0.25) is 0 Å². The summed E-state index contributed by atoms with van der Waals surface area (Å²) in [6.07, 6.45) is -3.19. The van der Waals surface area contributed by atoms with Crippen LogP contribution < -0.4 is 4.74 Å². The molecule has 16 heavy (non-hydrogen) atoms. The molecule has 0 saturated carbocycles. The lowest BCUT2D eigenvalue weighted by atomic mass is 10.0. The highest BCUT2D eigenvalue weighted by Crippen LogP contribution is 2.35. The maximum Gasteiger partial charge on any atom is 0.573 e. The van der Waals surface area contributed by atoms with Gasteiger partial charge < -0.3 is 4.74 Å². The first kappa shape index (κ1) is 13.3. The van der Waals surface area contributed by atoms with Crippen molar-refractivity contribution in [2.24, 2.45) is 0 Å². The molecule has 1 rings (SSSR count). The Morgan fingerprint density at radius 3 is 2.56 bits per heavy atom. The van der Waals surface area contributed by atoms with Crippen LogP contribution in [0.4, 0.5) is 13.2 Å². The minimum absolute atomic E-state index is 0.173. The van der Waals surface area contributed by atoms with Crippen molar-refractivity contribution in [1.29, 1.82) is 0 Å². The van der Waals surface area contributed by atoms with Crippen LogP contribution in [0.3, 0.4) is 0 Å². The zero-order chi connectivity index (χ0) is 12.3.